The van der Waals surface area contributed by atoms with Gasteiger partial charge in [0.05, 0.1) is 32.2 Å². The first kappa shape index (κ1) is 23.3. The van der Waals surface area contributed by atoms with E-state index in [9.17, 15) is 13.2 Å². The molecule has 8 nitrogen and oxygen atoms in total. The summed E-state index contributed by atoms with van der Waals surface area (Å²) in [6.07, 6.45) is 1.07. The van der Waals surface area contributed by atoms with E-state index in [1.165, 1.54) is 14.0 Å². The van der Waals surface area contributed by atoms with Gasteiger partial charge in [-0.25, -0.2) is 8.42 Å². The summed E-state index contributed by atoms with van der Waals surface area (Å²) in [5.74, 6) is 1.52. The lowest BCUT2D eigenvalue weighted by molar-refractivity contribution is -0.122. The van der Waals surface area contributed by atoms with Crippen LogP contribution in [-0.4, -0.2) is 53.5 Å². The number of carbonyl (C=O) groups excluding carboxylic acids is 1. The van der Waals surface area contributed by atoms with Crippen LogP contribution in [0.15, 0.2) is 48.5 Å². The normalized spacial score (nSPS) is 13.1. The standard InChI is InChI=1S/C21H28N2O6S/c1-15(14-29-20-12-10-19(28-4)11-13-20)22-21(24)16(2)23(30(5,25)26)17-6-8-18(27-3)9-7-17/h6-13,15-16H,14H2,1-5H3,(H,22,24)/t15-,16-/m0/s1. The fourth-order valence-corrected chi connectivity index (χ4v) is 4.01. The van der Waals surface area contributed by atoms with Crippen molar-refractivity contribution in [2.45, 2.75) is 25.9 Å². The molecule has 0 saturated carbocycles. The van der Waals surface area contributed by atoms with Crippen molar-refractivity contribution in [3.05, 3.63) is 48.5 Å². The molecule has 0 fully saturated rings. The lowest BCUT2D eigenvalue weighted by Crippen LogP contribution is -2.50. The zero-order valence-electron chi connectivity index (χ0n) is 17.8. The molecule has 2 rings (SSSR count). The van der Waals surface area contributed by atoms with E-state index in [1.54, 1.807) is 62.6 Å². The van der Waals surface area contributed by atoms with Crippen LogP contribution in [0.3, 0.4) is 0 Å². The number of carbonyl (C=O) groups is 1. The maximum absolute atomic E-state index is 12.7. The number of ether oxygens (including phenoxy) is 3. The molecule has 0 radical (unpaired) electrons. The van der Waals surface area contributed by atoms with Crippen molar-refractivity contribution in [1.29, 1.82) is 0 Å². The molecule has 164 valence electrons. The Bertz CT molecular complexity index is 929. The lowest BCUT2D eigenvalue weighted by Gasteiger charge is -2.29. The van der Waals surface area contributed by atoms with Gasteiger partial charge >= 0.3 is 0 Å². The van der Waals surface area contributed by atoms with E-state index < -0.39 is 22.0 Å². The molecule has 0 aliphatic carbocycles. The number of methoxy groups -OCH3 is 2. The van der Waals surface area contributed by atoms with E-state index in [0.717, 1.165) is 16.3 Å². The average molecular weight is 437 g/mol. The number of sulfonamides is 1. The highest BCUT2D eigenvalue weighted by Crippen LogP contribution is 2.24. The van der Waals surface area contributed by atoms with E-state index in [0.29, 0.717) is 17.2 Å². The van der Waals surface area contributed by atoms with Crippen molar-refractivity contribution in [1.82, 2.24) is 5.32 Å². The minimum Gasteiger partial charge on any atom is -0.497 e. The largest absolute Gasteiger partial charge is 0.497 e. The summed E-state index contributed by atoms with van der Waals surface area (Å²) < 4.78 is 41.7. The highest BCUT2D eigenvalue weighted by molar-refractivity contribution is 7.92. The fraction of sp³-hybridized carbons (Fsp3) is 0.381. The van der Waals surface area contributed by atoms with Crippen molar-refractivity contribution >= 4 is 21.6 Å². The Morgan fingerprint density at radius 1 is 0.933 bits per heavy atom. The van der Waals surface area contributed by atoms with Crippen LogP contribution in [0.4, 0.5) is 5.69 Å². The number of nitrogens with zero attached hydrogens (tertiary/aromatic N) is 1. The molecular weight excluding hydrogens is 408 g/mol. The number of amides is 1. The number of nitrogens with one attached hydrogen (secondary N) is 1. The third-order valence-electron chi connectivity index (χ3n) is 4.36. The monoisotopic (exact) mass is 436 g/mol. The Morgan fingerprint density at radius 3 is 1.87 bits per heavy atom. The maximum atomic E-state index is 12.7. The molecule has 2 atom stereocenters. The van der Waals surface area contributed by atoms with Gasteiger partial charge in [-0.15, -0.1) is 0 Å². The second-order valence-electron chi connectivity index (χ2n) is 6.83. The van der Waals surface area contributed by atoms with Crippen LogP contribution in [0.1, 0.15) is 13.8 Å². The molecule has 9 heteroatoms. The van der Waals surface area contributed by atoms with E-state index >= 15 is 0 Å². The van der Waals surface area contributed by atoms with Crippen LogP contribution in [0.25, 0.3) is 0 Å². The summed E-state index contributed by atoms with van der Waals surface area (Å²) in [6, 6.07) is 12.3. The van der Waals surface area contributed by atoms with Gasteiger partial charge in [0, 0.05) is 0 Å². The Morgan fingerprint density at radius 2 is 1.40 bits per heavy atom. The van der Waals surface area contributed by atoms with Gasteiger partial charge in [-0.2, -0.15) is 0 Å². The molecule has 0 aliphatic rings. The van der Waals surface area contributed by atoms with Gasteiger partial charge in [0.1, 0.15) is 29.9 Å². The molecule has 0 bridgehead atoms. The molecule has 2 aromatic rings. The van der Waals surface area contributed by atoms with Crippen molar-refractivity contribution in [3.8, 4) is 17.2 Å². The second-order valence-corrected chi connectivity index (χ2v) is 8.69. The van der Waals surface area contributed by atoms with Gasteiger partial charge < -0.3 is 19.5 Å². The molecule has 1 amide bonds. The van der Waals surface area contributed by atoms with Crippen LogP contribution < -0.4 is 23.8 Å². The van der Waals surface area contributed by atoms with E-state index in [-0.39, 0.29) is 12.6 Å². The molecule has 0 saturated heterocycles. The first-order valence-electron chi connectivity index (χ1n) is 9.36. The molecule has 2 aromatic carbocycles. The molecule has 0 heterocycles. The summed E-state index contributed by atoms with van der Waals surface area (Å²) in [4.78, 5) is 12.7. The Kier molecular flexibility index (Phi) is 7.93. The lowest BCUT2D eigenvalue weighted by atomic mass is 10.2. The topological polar surface area (TPSA) is 94.2 Å². The van der Waals surface area contributed by atoms with Crippen LogP contribution in [-0.2, 0) is 14.8 Å². The molecular formula is C21H28N2O6S. The summed E-state index contributed by atoms with van der Waals surface area (Å²) in [5, 5.41) is 2.80. The second kappa shape index (κ2) is 10.2. The van der Waals surface area contributed by atoms with Crippen LogP contribution >= 0.6 is 0 Å². The Hall–Kier alpha value is -2.94. The van der Waals surface area contributed by atoms with Gasteiger partial charge in [-0.1, -0.05) is 0 Å². The number of hydrogen-bond donors (Lipinski definition) is 1. The number of hydrogen-bond acceptors (Lipinski definition) is 6. The highest BCUT2D eigenvalue weighted by Gasteiger charge is 2.29. The summed E-state index contributed by atoms with van der Waals surface area (Å²) in [7, 11) is -0.585. The summed E-state index contributed by atoms with van der Waals surface area (Å²) >= 11 is 0. The maximum Gasteiger partial charge on any atom is 0.243 e. The van der Waals surface area contributed by atoms with Gasteiger partial charge in [0.25, 0.3) is 0 Å². The number of anilines is 1. The van der Waals surface area contributed by atoms with Gasteiger partial charge in [-0.05, 0) is 62.4 Å². The van der Waals surface area contributed by atoms with Crippen LogP contribution in [0.2, 0.25) is 0 Å². The molecule has 0 aromatic heterocycles. The fourth-order valence-electron chi connectivity index (χ4n) is 2.84. The van der Waals surface area contributed by atoms with Crippen LogP contribution in [0, 0.1) is 0 Å². The SMILES string of the molecule is COc1ccc(OC[C@H](C)NC(=O)[C@H](C)N(c2ccc(OC)cc2)S(C)(=O)=O)cc1. The van der Waals surface area contributed by atoms with Gasteiger partial charge in [0.2, 0.25) is 15.9 Å². The third-order valence-corrected chi connectivity index (χ3v) is 5.61. The quantitative estimate of drug-likeness (QED) is 0.615. The van der Waals surface area contributed by atoms with E-state index in [4.69, 9.17) is 14.2 Å². The smallest absolute Gasteiger partial charge is 0.243 e. The predicted molar refractivity (Wildman–Crippen MR) is 116 cm³/mol. The first-order chi connectivity index (χ1) is 14.2. The summed E-state index contributed by atoms with van der Waals surface area (Å²) in [6.45, 7) is 3.55. The molecule has 30 heavy (non-hydrogen) atoms. The first-order valence-corrected chi connectivity index (χ1v) is 11.2. The summed E-state index contributed by atoms with van der Waals surface area (Å²) in [5.41, 5.74) is 0.378. The van der Waals surface area contributed by atoms with Gasteiger partial charge in [0.15, 0.2) is 0 Å². The van der Waals surface area contributed by atoms with E-state index in [1.807, 2.05) is 0 Å². The molecule has 1 N–H and O–H groups in total. The van der Waals surface area contributed by atoms with Crippen molar-refractivity contribution in [2.75, 3.05) is 31.4 Å². The molecule has 0 spiro atoms. The van der Waals surface area contributed by atoms with Crippen LogP contribution in [0.5, 0.6) is 17.2 Å². The highest BCUT2D eigenvalue weighted by atomic mass is 32.2. The minimum absolute atomic E-state index is 0.228. The molecule has 0 aliphatic heterocycles. The number of benzene rings is 2. The van der Waals surface area contributed by atoms with Crippen molar-refractivity contribution in [3.63, 3.8) is 0 Å². The number of rotatable bonds is 10. The van der Waals surface area contributed by atoms with Gasteiger partial charge in [-0.3, -0.25) is 9.10 Å². The third kappa shape index (κ3) is 6.28. The zero-order valence-corrected chi connectivity index (χ0v) is 18.6. The predicted octanol–water partition coefficient (Wildman–Crippen LogP) is 2.44. The average Bonchev–Trinajstić information content (AvgIpc) is 2.72. The van der Waals surface area contributed by atoms with Crippen molar-refractivity contribution < 1.29 is 27.4 Å². The molecule has 0 unspecified atom stereocenters. The van der Waals surface area contributed by atoms with Crippen molar-refractivity contribution in [2.24, 2.45) is 0 Å². The minimum atomic E-state index is -3.69. The van der Waals surface area contributed by atoms with E-state index in [2.05, 4.69) is 5.32 Å². The Labute approximate surface area is 177 Å². The zero-order chi connectivity index (χ0) is 22.3. The Balaban J connectivity index is 2.02.